The Kier molecular flexibility index (Phi) is 18.2. The van der Waals surface area contributed by atoms with Gasteiger partial charge < -0.3 is 28.7 Å². The van der Waals surface area contributed by atoms with E-state index in [1.54, 1.807) is 12.2 Å². The second-order valence-corrected chi connectivity index (χ2v) is 27.8. The summed E-state index contributed by atoms with van der Waals surface area (Å²) in [5, 5.41) is 0. The Labute approximate surface area is 643 Å². The molecule has 0 radical (unpaired) electrons. The molecule has 526 valence electrons. The first kappa shape index (κ1) is 67.7. The molecule has 18 rings (SSSR count). The van der Waals surface area contributed by atoms with E-state index in [9.17, 15) is 0 Å². The van der Waals surface area contributed by atoms with Crippen molar-refractivity contribution in [1.82, 2.24) is 0 Å². The lowest BCUT2D eigenvalue weighted by Crippen LogP contribution is -2.29. The van der Waals surface area contributed by atoms with Gasteiger partial charge >= 0.3 is 0 Å². The van der Waals surface area contributed by atoms with Crippen molar-refractivity contribution in [2.75, 3.05) is 23.0 Å². The largest absolute Gasteiger partial charge is 0.490 e. The first-order valence-corrected chi connectivity index (χ1v) is 37.4. The summed E-state index contributed by atoms with van der Waals surface area (Å²) >= 11 is 0. The number of hydrogen-bond acceptors (Lipinski definition) is 6. The number of benzene rings is 16. The summed E-state index contributed by atoms with van der Waals surface area (Å²) < 4.78 is 25.3. The van der Waals surface area contributed by atoms with Crippen molar-refractivity contribution in [3.05, 3.63) is 470 Å². The highest BCUT2D eigenvalue weighted by molar-refractivity contribution is 5.94. The Morgan fingerprint density at radius 3 is 0.791 bits per heavy atom. The lowest BCUT2D eigenvalue weighted by atomic mass is 9.67. The van der Waals surface area contributed by atoms with Gasteiger partial charge in [-0.05, 0) is 258 Å². The fraction of sp³-hybridized carbons (Fsp3) is 0.0385. The molecule has 0 saturated heterocycles. The molecule has 0 fully saturated rings. The number of para-hydroxylation sites is 4. The Morgan fingerprint density at radius 1 is 0.218 bits per heavy atom. The molecular formula is C104H76N2O4. The molecule has 0 saturated carbocycles. The average Bonchev–Trinajstić information content (AvgIpc) is 1.54. The summed E-state index contributed by atoms with van der Waals surface area (Å²) in [4.78, 5) is 4.76. The fourth-order valence-electron chi connectivity index (χ4n) is 16.5. The van der Waals surface area contributed by atoms with Gasteiger partial charge in [-0.15, -0.1) is 0 Å². The van der Waals surface area contributed by atoms with Gasteiger partial charge in [0, 0.05) is 34.1 Å². The Morgan fingerprint density at radius 2 is 0.464 bits per heavy atom. The molecule has 0 N–H and O–H groups in total. The van der Waals surface area contributed by atoms with E-state index < -0.39 is 10.8 Å². The van der Waals surface area contributed by atoms with E-state index in [1.165, 1.54) is 33.4 Å². The predicted molar refractivity (Wildman–Crippen MR) is 451 cm³/mol. The van der Waals surface area contributed by atoms with Crippen LogP contribution in [-0.4, -0.2) is 13.2 Å². The van der Waals surface area contributed by atoms with Crippen LogP contribution in [0.15, 0.2) is 426 Å². The van der Waals surface area contributed by atoms with Crippen molar-refractivity contribution >= 4 is 34.1 Å². The number of hydrogen-bond donors (Lipinski definition) is 0. The minimum atomic E-state index is -0.799. The first-order chi connectivity index (χ1) is 54.4. The van der Waals surface area contributed by atoms with Gasteiger partial charge in [-0.1, -0.05) is 268 Å². The van der Waals surface area contributed by atoms with E-state index in [0.29, 0.717) is 13.2 Å². The SMILES string of the molecule is C=CCOc1ccc(C2(c3ccc(Oc4ccccc4)cc3)c3cc(-c4ccccc4)ccc3-c3ccc(N(c4ccccc4)c4ccc(-c5ccc(N(c6ccccc6)c6ccc7c(c6)C(c6ccc(OCC=C)cc6)(c6ccc(Oc8ccccc8)cc6)c6cc(-c8ccccc8)ccc6-7)cc5)cc4)cc32)cc1. The van der Waals surface area contributed by atoms with E-state index in [2.05, 4.69) is 363 Å². The minimum absolute atomic E-state index is 0.404. The van der Waals surface area contributed by atoms with Crippen LogP contribution in [0.25, 0.3) is 55.6 Å². The fourth-order valence-corrected chi connectivity index (χ4v) is 16.5. The van der Waals surface area contributed by atoms with Crippen LogP contribution in [0.2, 0.25) is 0 Å². The lowest BCUT2D eigenvalue weighted by Gasteiger charge is -2.35. The average molecular weight is 1420 g/mol. The molecule has 0 aromatic heterocycles. The summed E-state index contributed by atoms with van der Waals surface area (Å²) in [5.74, 6) is 4.61. The van der Waals surface area contributed by atoms with Crippen molar-refractivity contribution < 1.29 is 18.9 Å². The van der Waals surface area contributed by atoms with Gasteiger partial charge in [-0.2, -0.15) is 0 Å². The number of ether oxygens (including phenoxy) is 4. The highest BCUT2D eigenvalue weighted by atomic mass is 16.5. The summed E-state index contributed by atoms with van der Waals surface area (Å²) in [6.45, 7) is 8.68. The molecule has 110 heavy (non-hydrogen) atoms. The summed E-state index contributed by atoms with van der Waals surface area (Å²) in [6.07, 6.45) is 3.56. The van der Waals surface area contributed by atoms with E-state index in [0.717, 1.165) is 135 Å². The molecule has 0 heterocycles. The third-order valence-electron chi connectivity index (χ3n) is 21.4. The van der Waals surface area contributed by atoms with Crippen molar-refractivity contribution in [1.29, 1.82) is 0 Å². The molecule has 0 bridgehead atoms. The van der Waals surface area contributed by atoms with Crippen molar-refractivity contribution in [2.24, 2.45) is 0 Å². The van der Waals surface area contributed by atoms with Gasteiger partial charge in [0.25, 0.3) is 0 Å². The van der Waals surface area contributed by atoms with Crippen LogP contribution in [0, 0.1) is 0 Å². The molecule has 2 aliphatic carbocycles. The zero-order valence-corrected chi connectivity index (χ0v) is 60.6. The van der Waals surface area contributed by atoms with Crippen LogP contribution in [0.4, 0.5) is 34.1 Å². The van der Waals surface area contributed by atoms with Crippen LogP contribution in [-0.2, 0) is 10.8 Å². The lowest BCUT2D eigenvalue weighted by molar-refractivity contribution is 0.363. The van der Waals surface area contributed by atoms with Crippen molar-refractivity contribution in [3.8, 4) is 90.1 Å². The molecule has 16 aromatic carbocycles. The van der Waals surface area contributed by atoms with Crippen LogP contribution >= 0.6 is 0 Å². The van der Waals surface area contributed by atoms with Gasteiger partial charge in [-0.25, -0.2) is 0 Å². The molecule has 2 aliphatic rings. The van der Waals surface area contributed by atoms with Crippen LogP contribution in [0.5, 0.6) is 34.5 Å². The Hall–Kier alpha value is -14.2. The van der Waals surface area contributed by atoms with E-state index in [4.69, 9.17) is 18.9 Å². The number of nitrogens with zero attached hydrogens (tertiary/aromatic N) is 2. The summed E-state index contributed by atoms with van der Waals surface area (Å²) in [5.41, 5.74) is 25.1. The normalized spacial score (nSPS) is 14.2. The maximum Gasteiger partial charge on any atom is 0.127 e. The topological polar surface area (TPSA) is 43.4 Å². The maximum atomic E-state index is 6.48. The second-order valence-electron chi connectivity index (χ2n) is 27.8. The molecule has 16 aromatic rings. The first-order valence-electron chi connectivity index (χ1n) is 37.4. The molecule has 2 unspecified atom stereocenters. The van der Waals surface area contributed by atoms with Crippen molar-refractivity contribution in [2.45, 2.75) is 10.8 Å². The third kappa shape index (κ3) is 12.5. The van der Waals surface area contributed by atoms with E-state index >= 15 is 0 Å². The molecule has 2 atom stereocenters. The van der Waals surface area contributed by atoms with E-state index in [-0.39, 0.29) is 0 Å². The second kappa shape index (κ2) is 29.6. The van der Waals surface area contributed by atoms with Crippen LogP contribution < -0.4 is 28.7 Å². The van der Waals surface area contributed by atoms with Gasteiger partial charge in [-0.3, -0.25) is 0 Å². The number of anilines is 6. The van der Waals surface area contributed by atoms with Gasteiger partial charge in [0.15, 0.2) is 0 Å². The predicted octanol–water partition coefficient (Wildman–Crippen LogP) is 27.1. The van der Waals surface area contributed by atoms with Gasteiger partial charge in [0.2, 0.25) is 0 Å². The quantitative estimate of drug-likeness (QED) is 0.0595. The molecule has 6 heteroatoms. The number of rotatable bonds is 23. The molecule has 0 aliphatic heterocycles. The number of fused-ring (bicyclic) bond motifs is 6. The zero-order chi connectivity index (χ0) is 73.8. The summed E-state index contributed by atoms with van der Waals surface area (Å²) in [7, 11) is 0. The molecule has 0 spiro atoms. The van der Waals surface area contributed by atoms with Crippen LogP contribution in [0.3, 0.4) is 0 Å². The highest BCUT2D eigenvalue weighted by Gasteiger charge is 2.49. The maximum absolute atomic E-state index is 6.48. The smallest absolute Gasteiger partial charge is 0.127 e. The molecular weight excluding hydrogens is 1340 g/mol. The molecule has 6 nitrogen and oxygen atoms in total. The Balaban J connectivity index is 0.732. The monoisotopic (exact) mass is 1420 g/mol. The third-order valence-corrected chi connectivity index (χ3v) is 21.4. The standard InChI is InChI=1S/C104H76N2O4/c1-3-67-107-89-55-41-79(42-56-89)103(81-45-59-93(60-46-81)109-91-31-19-9-20-32-91)99-69-77(73-23-11-5-12-24-73)39-63-95(99)97-65-53-87(71-101(97)103)105(83-27-15-7-16-28-83)85-49-35-75(36-50-85)76-37-51-86(52-38-76)106(84-29-17-8-18-30-84)88-54-66-98-96-64-40-78(74-25-13-6-14-26-74)70-100(96)104(102(98)72-88,80-43-57-90(58-44-80)108-68-4-2)82-47-61-94(62-48-82)110-92-33-21-10-22-34-92/h3-66,69-72H,1-2,67-68H2. The van der Waals surface area contributed by atoms with Gasteiger partial charge in [0.1, 0.15) is 47.7 Å². The Bertz CT molecular complexity index is 5570. The van der Waals surface area contributed by atoms with Gasteiger partial charge in [0.05, 0.1) is 10.8 Å². The molecule has 0 amide bonds. The van der Waals surface area contributed by atoms with E-state index in [1.807, 2.05) is 60.7 Å². The highest BCUT2D eigenvalue weighted by Crippen LogP contribution is 2.61. The summed E-state index contributed by atoms with van der Waals surface area (Å²) in [6, 6.07) is 143. The van der Waals surface area contributed by atoms with Crippen molar-refractivity contribution in [3.63, 3.8) is 0 Å². The van der Waals surface area contributed by atoms with Crippen LogP contribution in [0.1, 0.15) is 44.5 Å². The zero-order valence-electron chi connectivity index (χ0n) is 60.6. The minimum Gasteiger partial charge on any atom is -0.490 e.